The number of ether oxygens (including phenoxy) is 1. The van der Waals surface area contributed by atoms with E-state index in [2.05, 4.69) is 38.0 Å². The highest BCUT2D eigenvalue weighted by molar-refractivity contribution is 9.10. The number of carbonyl (C=O) groups is 1. The van der Waals surface area contributed by atoms with Crippen molar-refractivity contribution in [2.24, 2.45) is 0 Å². The van der Waals surface area contributed by atoms with Crippen LogP contribution >= 0.6 is 27.3 Å². The molecule has 1 aromatic carbocycles. The van der Waals surface area contributed by atoms with E-state index in [1.165, 1.54) is 4.88 Å². The van der Waals surface area contributed by atoms with Gasteiger partial charge in [0.25, 0.3) is 0 Å². The SMILES string of the molecule is O=C(NC1CC(NCc2sccc2Br)C1)OCc1ccccc1. The first-order valence-corrected chi connectivity index (χ1v) is 9.30. The number of halogens is 1. The Balaban J connectivity index is 1.31. The zero-order chi connectivity index (χ0) is 16.1. The van der Waals surface area contributed by atoms with Crippen LogP contribution < -0.4 is 10.6 Å². The Hall–Kier alpha value is -1.37. The molecule has 0 unspecified atom stereocenters. The van der Waals surface area contributed by atoms with Gasteiger partial charge in [0.15, 0.2) is 0 Å². The van der Waals surface area contributed by atoms with Crippen molar-refractivity contribution < 1.29 is 9.53 Å². The van der Waals surface area contributed by atoms with E-state index in [9.17, 15) is 4.79 Å². The van der Waals surface area contributed by atoms with E-state index in [0.29, 0.717) is 12.6 Å². The van der Waals surface area contributed by atoms with Crippen LogP contribution in [0.2, 0.25) is 0 Å². The molecule has 0 bridgehead atoms. The topological polar surface area (TPSA) is 50.4 Å². The van der Waals surface area contributed by atoms with Crippen LogP contribution in [0.1, 0.15) is 23.3 Å². The number of alkyl carbamates (subject to hydrolysis) is 1. The average Bonchev–Trinajstić information content (AvgIpc) is 2.93. The van der Waals surface area contributed by atoms with Gasteiger partial charge in [-0.1, -0.05) is 30.3 Å². The van der Waals surface area contributed by atoms with E-state index in [1.807, 2.05) is 30.3 Å². The largest absolute Gasteiger partial charge is 0.445 e. The molecule has 0 saturated heterocycles. The minimum Gasteiger partial charge on any atom is -0.445 e. The standard InChI is InChI=1S/C17H19BrN2O2S/c18-15-6-7-23-16(15)10-19-13-8-14(9-13)20-17(21)22-11-12-4-2-1-3-5-12/h1-7,13-14,19H,8-11H2,(H,20,21). The lowest BCUT2D eigenvalue weighted by Crippen LogP contribution is -2.52. The predicted molar refractivity (Wildman–Crippen MR) is 95.4 cm³/mol. The third-order valence-corrected chi connectivity index (χ3v) is 5.84. The van der Waals surface area contributed by atoms with E-state index in [0.717, 1.165) is 29.4 Å². The van der Waals surface area contributed by atoms with E-state index in [4.69, 9.17) is 4.74 Å². The number of rotatable bonds is 6. The van der Waals surface area contributed by atoms with E-state index in [1.54, 1.807) is 11.3 Å². The molecule has 0 atom stereocenters. The summed E-state index contributed by atoms with van der Waals surface area (Å²) < 4.78 is 6.39. The summed E-state index contributed by atoms with van der Waals surface area (Å²) in [6.07, 6.45) is 1.56. The quantitative estimate of drug-likeness (QED) is 0.776. The lowest BCUT2D eigenvalue weighted by atomic mass is 9.87. The van der Waals surface area contributed by atoms with Crippen LogP contribution in [0.25, 0.3) is 0 Å². The maximum atomic E-state index is 11.8. The van der Waals surface area contributed by atoms with Crippen LogP contribution in [-0.4, -0.2) is 18.2 Å². The summed E-state index contributed by atoms with van der Waals surface area (Å²) in [5, 5.41) is 8.50. The highest BCUT2D eigenvalue weighted by atomic mass is 79.9. The van der Waals surface area contributed by atoms with E-state index < -0.39 is 0 Å². The van der Waals surface area contributed by atoms with Gasteiger partial charge in [-0.25, -0.2) is 4.79 Å². The molecule has 4 nitrogen and oxygen atoms in total. The van der Waals surface area contributed by atoms with Crippen LogP contribution in [0.4, 0.5) is 4.79 Å². The number of benzene rings is 1. The normalized spacial score (nSPS) is 19.9. The van der Waals surface area contributed by atoms with Crippen molar-refractivity contribution in [3.63, 3.8) is 0 Å². The summed E-state index contributed by atoms with van der Waals surface area (Å²) >= 11 is 5.28. The van der Waals surface area contributed by atoms with Gasteiger partial charge in [-0.15, -0.1) is 11.3 Å². The lowest BCUT2D eigenvalue weighted by molar-refractivity contribution is 0.125. The zero-order valence-electron chi connectivity index (χ0n) is 12.6. The molecular weight excluding hydrogens is 376 g/mol. The fourth-order valence-electron chi connectivity index (χ4n) is 2.52. The van der Waals surface area contributed by atoms with Crippen LogP contribution in [0.3, 0.4) is 0 Å². The molecule has 23 heavy (non-hydrogen) atoms. The molecule has 0 spiro atoms. The van der Waals surface area contributed by atoms with E-state index >= 15 is 0 Å². The monoisotopic (exact) mass is 394 g/mol. The van der Waals surface area contributed by atoms with Gasteiger partial charge >= 0.3 is 6.09 Å². The van der Waals surface area contributed by atoms with Crippen molar-refractivity contribution in [2.75, 3.05) is 0 Å². The summed E-state index contributed by atoms with van der Waals surface area (Å²) in [5.41, 5.74) is 0.998. The van der Waals surface area contributed by atoms with Gasteiger partial charge in [-0.2, -0.15) is 0 Å². The first-order valence-electron chi connectivity index (χ1n) is 7.63. The fraction of sp³-hybridized carbons (Fsp3) is 0.353. The van der Waals surface area contributed by atoms with Gasteiger partial charge in [0.1, 0.15) is 6.61 Å². The lowest BCUT2D eigenvalue weighted by Gasteiger charge is -2.36. The smallest absolute Gasteiger partial charge is 0.407 e. The summed E-state index contributed by atoms with van der Waals surface area (Å²) in [5.74, 6) is 0. The second-order valence-electron chi connectivity index (χ2n) is 5.64. The highest BCUT2D eigenvalue weighted by Gasteiger charge is 2.30. The summed E-state index contributed by atoms with van der Waals surface area (Å²) in [7, 11) is 0. The Morgan fingerprint density at radius 2 is 2.00 bits per heavy atom. The molecule has 122 valence electrons. The minimum atomic E-state index is -0.335. The molecule has 1 fully saturated rings. The Kier molecular flexibility index (Phi) is 5.70. The summed E-state index contributed by atoms with van der Waals surface area (Å²) in [4.78, 5) is 13.1. The zero-order valence-corrected chi connectivity index (χ0v) is 15.0. The molecule has 1 aliphatic rings. The van der Waals surface area contributed by atoms with Gasteiger partial charge in [0.2, 0.25) is 0 Å². The van der Waals surface area contributed by atoms with Gasteiger partial charge in [0, 0.05) is 28.0 Å². The van der Waals surface area contributed by atoms with Crippen molar-refractivity contribution in [2.45, 2.75) is 38.1 Å². The van der Waals surface area contributed by atoms with Crippen molar-refractivity contribution >= 4 is 33.4 Å². The van der Waals surface area contributed by atoms with Gasteiger partial charge in [0.05, 0.1) is 0 Å². The van der Waals surface area contributed by atoms with Crippen molar-refractivity contribution in [1.82, 2.24) is 10.6 Å². The average molecular weight is 395 g/mol. The number of carbonyl (C=O) groups excluding carboxylic acids is 1. The van der Waals surface area contributed by atoms with Gasteiger partial charge in [-0.05, 0) is 45.8 Å². The highest BCUT2D eigenvalue weighted by Crippen LogP contribution is 2.25. The molecule has 6 heteroatoms. The third-order valence-electron chi connectivity index (χ3n) is 3.92. The van der Waals surface area contributed by atoms with Crippen molar-refractivity contribution in [3.8, 4) is 0 Å². The molecule has 0 aliphatic heterocycles. The number of hydrogen-bond donors (Lipinski definition) is 2. The maximum Gasteiger partial charge on any atom is 0.407 e. The Morgan fingerprint density at radius 1 is 1.22 bits per heavy atom. The fourth-order valence-corrected chi connectivity index (χ4v) is 3.97. The maximum absolute atomic E-state index is 11.8. The van der Waals surface area contributed by atoms with Crippen LogP contribution in [0, 0.1) is 0 Å². The van der Waals surface area contributed by atoms with E-state index in [-0.39, 0.29) is 12.1 Å². The molecule has 1 aliphatic carbocycles. The molecular formula is C17H19BrN2O2S. The predicted octanol–water partition coefficient (Wildman–Crippen LogP) is 4.06. The third kappa shape index (κ3) is 4.80. The Bertz CT molecular complexity index is 641. The van der Waals surface area contributed by atoms with Gasteiger partial charge < -0.3 is 15.4 Å². The second-order valence-corrected chi connectivity index (χ2v) is 7.50. The number of hydrogen-bond acceptors (Lipinski definition) is 4. The summed E-state index contributed by atoms with van der Waals surface area (Å²) in [6.45, 7) is 1.18. The molecule has 2 aromatic rings. The molecule has 1 saturated carbocycles. The first-order chi connectivity index (χ1) is 11.2. The van der Waals surface area contributed by atoms with Crippen LogP contribution in [0.5, 0.6) is 0 Å². The number of nitrogens with one attached hydrogen (secondary N) is 2. The molecule has 1 aromatic heterocycles. The second kappa shape index (κ2) is 7.95. The number of thiophene rings is 1. The molecule has 2 N–H and O–H groups in total. The molecule has 1 heterocycles. The molecule has 0 radical (unpaired) electrons. The Labute approximate surface area is 148 Å². The van der Waals surface area contributed by atoms with Crippen molar-refractivity contribution in [3.05, 3.63) is 56.7 Å². The van der Waals surface area contributed by atoms with Gasteiger partial charge in [-0.3, -0.25) is 0 Å². The molecule has 1 amide bonds. The number of amides is 1. The van der Waals surface area contributed by atoms with Crippen LogP contribution in [0.15, 0.2) is 46.3 Å². The Morgan fingerprint density at radius 3 is 2.70 bits per heavy atom. The summed E-state index contributed by atoms with van der Waals surface area (Å²) in [6, 6.07) is 12.4. The van der Waals surface area contributed by atoms with Crippen LogP contribution in [-0.2, 0) is 17.9 Å². The molecule has 3 rings (SSSR count). The van der Waals surface area contributed by atoms with Crippen molar-refractivity contribution in [1.29, 1.82) is 0 Å². The minimum absolute atomic E-state index is 0.211. The first kappa shape index (κ1) is 16.5.